The van der Waals surface area contributed by atoms with Gasteiger partial charge in [0.15, 0.2) is 6.10 Å². The van der Waals surface area contributed by atoms with E-state index in [2.05, 4.69) is 0 Å². The van der Waals surface area contributed by atoms with E-state index in [0.717, 1.165) is 6.42 Å². The van der Waals surface area contributed by atoms with Gasteiger partial charge in [0, 0.05) is 0 Å². The summed E-state index contributed by atoms with van der Waals surface area (Å²) >= 11 is 0. The first-order valence-corrected chi connectivity index (χ1v) is 9.52. The fourth-order valence-corrected chi connectivity index (χ4v) is 2.96. The lowest BCUT2D eigenvalue weighted by Crippen LogP contribution is -2.37. The Morgan fingerprint density at radius 3 is 2.08 bits per heavy atom. The number of carbonyl (C=O) groups excluding carboxylic acids is 2. The van der Waals surface area contributed by atoms with Gasteiger partial charge in [-0.2, -0.15) is 0 Å². The lowest BCUT2D eigenvalue weighted by molar-refractivity contribution is -0.172. The van der Waals surface area contributed by atoms with E-state index in [4.69, 9.17) is 14.0 Å². The molecule has 0 aromatic rings. The Hall–Kier alpha value is -1.00. The van der Waals surface area contributed by atoms with Crippen LogP contribution in [0.15, 0.2) is 0 Å². The van der Waals surface area contributed by atoms with Gasteiger partial charge in [-0.3, -0.25) is 14.1 Å². The van der Waals surface area contributed by atoms with Gasteiger partial charge in [0.05, 0.1) is 10.8 Å². The van der Waals surface area contributed by atoms with Crippen LogP contribution in [0.2, 0.25) is 0 Å². The van der Waals surface area contributed by atoms with Crippen LogP contribution >= 0.6 is 8.69 Å². The third kappa shape index (κ3) is 9.31. The third-order valence-electron chi connectivity index (χ3n) is 3.89. The van der Waals surface area contributed by atoms with Crippen molar-refractivity contribution in [3.63, 3.8) is 0 Å². The van der Waals surface area contributed by atoms with Gasteiger partial charge in [0.25, 0.3) is 0 Å². The molecule has 6 nitrogen and oxygen atoms in total. The molecule has 7 heteroatoms. The van der Waals surface area contributed by atoms with Crippen molar-refractivity contribution in [2.45, 2.75) is 73.8 Å². The average Bonchev–Trinajstić information content (AvgIpc) is 2.47. The van der Waals surface area contributed by atoms with Gasteiger partial charge in [0.2, 0.25) is 0 Å². The molecule has 0 heterocycles. The Balaban J connectivity index is 4.82. The molecule has 0 aromatic heterocycles. The number of hydrogen-bond acceptors (Lipinski definition) is 6. The highest BCUT2D eigenvalue weighted by molar-refractivity contribution is 7.17. The van der Waals surface area contributed by atoms with Crippen LogP contribution in [-0.2, 0) is 28.2 Å². The SMILES string of the molecule is CCCC(C)(C)C(=O)OCC(COP=O)OC(=O)C(C)(C)CC(C)C. The summed E-state index contributed by atoms with van der Waals surface area (Å²) in [5, 5.41) is 0. The van der Waals surface area contributed by atoms with Crippen LogP contribution in [0.3, 0.4) is 0 Å². The number of rotatable bonds is 12. The van der Waals surface area contributed by atoms with E-state index in [0.29, 0.717) is 18.8 Å². The van der Waals surface area contributed by atoms with Crippen LogP contribution in [0, 0.1) is 16.7 Å². The van der Waals surface area contributed by atoms with Crippen LogP contribution < -0.4 is 0 Å². The van der Waals surface area contributed by atoms with Crippen LogP contribution in [0.25, 0.3) is 0 Å². The van der Waals surface area contributed by atoms with Crippen LogP contribution in [0.4, 0.5) is 0 Å². The fraction of sp³-hybridized carbons (Fsp3) is 0.889. The van der Waals surface area contributed by atoms with E-state index in [-0.39, 0.29) is 25.2 Å². The Morgan fingerprint density at radius 1 is 1.00 bits per heavy atom. The fourth-order valence-electron chi connectivity index (χ4n) is 2.74. The van der Waals surface area contributed by atoms with Gasteiger partial charge < -0.3 is 9.47 Å². The van der Waals surface area contributed by atoms with Gasteiger partial charge in [-0.15, -0.1) is 0 Å². The topological polar surface area (TPSA) is 78.9 Å². The summed E-state index contributed by atoms with van der Waals surface area (Å²) in [6, 6.07) is 0. The summed E-state index contributed by atoms with van der Waals surface area (Å²) in [6.07, 6.45) is 1.44. The van der Waals surface area contributed by atoms with E-state index in [9.17, 15) is 14.2 Å². The maximum Gasteiger partial charge on any atom is 0.327 e. The molecule has 146 valence electrons. The highest BCUT2D eigenvalue weighted by Gasteiger charge is 2.34. The highest BCUT2D eigenvalue weighted by atomic mass is 31.1. The molecule has 0 spiro atoms. The molecule has 0 radical (unpaired) electrons. The molecule has 0 bridgehead atoms. The molecular formula is C18H33O6P. The summed E-state index contributed by atoms with van der Waals surface area (Å²) in [5.41, 5.74) is -1.26. The van der Waals surface area contributed by atoms with E-state index in [1.165, 1.54) is 0 Å². The second-order valence-electron chi connectivity index (χ2n) is 8.11. The quantitative estimate of drug-likeness (QED) is 0.367. The van der Waals surface area contributed by atoms with E-state index < -0.39 is 25.6 Å². The summed E-state index contributed by atoms with van der Waals surface area (Å²) in [6.45, 7) is 13.1. The maximum absolute atomic E-state index is 12.4. The third-order valence-corrected chi connectivity index (χ3v) is 4.14. The summed E-state index contributed by atoms with van der Waals surface area (Å²) in [4.78, 5) is 24.6. The van der Waals surface area contributed by atoms with Crippen molar-refractivity contribution in [2.24, 2.45) is 16.7 Å². The minimum Gasteiger partial charge on any atom is -0.461 e. The predicted octanol–water partition coefficient (Wildman–Crippen LogP) is 4.56. The minimum absolute atomic E-state index is 0.101. The first-order valence-electron chi connectivity index (χ1n) is 8.79. The number of esters is 2. The summed E-state index contributed by atoms with van der Waals surface area (Å²) in [7, 11) is -0.511. The predicted molar refractivity (Wildman–Crippen MR) is 96.3 cm³/mol. The molecule has 0 rings (SSSR count). The van der Waals surface area contributed by atoms with E-state index in [1.54, 1.807) is 0 Å². The van der Waals surface area contributed by atoms with E-state index in [1.807, 2.05) is 48.5 Å². The van der Waals surface area contributed by atoms with Crippen molar-refractivity contribution in [3.05, 3.63) is 0 Å². The lowest BCUT2D eigenvalue weighted by atomic mass is 9.84. The largest absolute Gasteiger partial charge is 0.461 e. The van der Waals surface area contributed by atoms with Crippen molar-refractivity contribution >= 4 is 20.6 Å². The lowest BCUT2D eigenvalue weighted by Gasteiger charge is -2.28. The standard InChI is InChI=1S/C18H33O6P/c1-8-9-17(4,5)15(19)22-11-14(12-23-25-21)24-16(20)18(6,7)10-13(2)3/h13-14H,8-12H2,1-7H3. The monoisotopic (exact) mass is 376 g/mol. The first kappa shape index (κ1) is 24.0. The van der Waals surface area contributed by atoms with Crippen molar-refractivity contribution in [1.82, 2.24) is 0 Å². The van der Waals surface area contributed by atoms with E-state index >= 15 is 0 Å². The molecule has 0 fully saturated rings. The van der Waals surface area contributed by atoms with Crippen molar-refractivity contribution < 1.29 is 28.2 Å². The molecule has 0 aromatic carbocycles. The van der Waals surface area contributed by atoms with Crippen LogP contribution in [0.1, 0.15) is 67.7 Å². The van der Waals surface area contributed by atoms with Crippen LogP contribution in [0.5, 0.6) is 0 Å². The number of carbonyl (C=O) groups is 2. The minimum atomic E-state index is -0.790. The molecule has 0 aliphatic rings. The zero-order valence-corrected chi connectivity index (χ0v) is 17.5. The molecule has 0 amide bonds. The zero-order chi connectivity index (χ0) is 19.7. The second kappa shape index (κ2) is 10.9. The molecule has 1 unspecified atom stereocenters. The molecule has 0 saturated heterocycles. The second-order valence-corrected chi connectivity index (χ2v) is 8.52. The number of hydrogen-bond donors (Lipinski definition) is 0. The average molecular weight is 376 g/mol. The van der Waals surface area contributed by atoms with Gasteiger partial charge in [-0.25, -0.2) is 4.57 Å². The van der Waals surface area contributed by atoms with Gasteiger partial charge in [-0.05, 0) is 46.5 Å². The smallest absolute Gasteiger partial charge is 0.327 e. The molecule has 0 saturated carbocycles. The number of ether oxygens (including phenoxy) is 2. The Morgan fingerprint density at radius 2 is 1.60 bits per heavy atom. The molecule has 0 aliphatic carbocycles. The first-order chi connectivity index (χ1) is 11.5. The van der Waals surface area contributed by atoms with Gasteiger partial charge in [0.1, 0.15) is 13.2 Å². The van der Waals surface area contributed by atoms with Crippen LogP contribution in [-0.4, -0.2) is 31.3 Å². The maximum atomic E-state index is 12.4. The van der Waals surface area contributed by atoms with Crippen molar-refractivity contribution in [1.29, 1.82) is 0 Å². The Labute approximate surface area is 153 Å². The zero-order valence-electron chi connectivity index (χ0n) is 16.6. The Bertz CT molecular complexity index is 445. The normalized spacial score (nSPS) is 13.8. The highest BCUT2D eigenvalue weighted by Crippen LogP contribution is 2.28. The van der Waals surface area contributed by atoms with Gasteiger partial charge >= 0.3 is 20.6 Å². The molecular weight excluding hydrogens is 343 g/mol. The summed E-state index contributed by atoms with van der Waals surface area (Å²) < 4.78 is 26.1. The Kier molecular flexibility index (Phi) is 10.4. The van der Waals surface area contributed by atoms with Gasteiger partial charge in [-0.1, -0.05) is 27.2 Å². The molecule has 0 N–H and O–H groups in total. The van der Waals surface area contributed by atoms with Crippen molar-refractivity contribution in [2.75, 3.05) is 13.2 Å². The molecule has 0 aliphatic heterocycles. The summed E-state index contributed by atoms with van der Waals surface area (Å²) in [5.74, 6) is -0.400. The molecule has 25 heavy (non-hydrogen) atoms. The molecule has 1 atom stereocenters. The van der Waals surface area contributed by atoms with Crippen molar-refractivity contribution in [3.8, 4) is 0 Å².